The van der Waals surface area contributed by atoms with E-state index < -0.39 is 0 Å². The van der Waals surface area contributed by atoms with E-state index in [4.69, 9.17) is 20.7 Å². The second kappa shape index (κ2) is 10.3. The van der Waals surface area contributed by atoms with Crippen LogP contribution in [0.5, 0.6) is 0 Å². The molecule has 0 amide bonds. The second-order valence-corrected chi connectivity index (χ2v) is 4.09. The molecule has 6 nitrogen and oxygen atoms in total. The molecule has 0 saturated heterocycles. The number of azide groups is 1. The first-order valence-electron chi connectivity index (χ1n) is 6.28. The Morgan fingerprint density at radius 2 is 1.89 bits per heavy atom. The lowest BCUT2D eigenvalue weighted by molar-refractivity contribution is 0.0455. The standard InChI is InChI=1S/C13H20N4O2/c14-13(10-12-4-2-1-3-5-12)11-19-9-8-18-7-6-16-17-15/h1-5,13H,6-11,14H2. The average Bonchev–Trinajstić information content (AvgIpc) is 2.43. The molecule has 104 valence electrons. The van der Waals surface area contributed by atoms with Gasteiger partial charge in [0.2, 0.25) is 0 Å². The summed E-state index contributed by atoms with van der Waals surface area (Å²) >= 11 is 0. The number of hydrogen-bond acceptors (Lipinski definition) is 4. The molecule has 0 saturated carbocycles. The molecule has 1 rings (SSSR count). The molecule has 0 radical (unpaired) electrons. The molecular formula is C13H20N4O2. The molecule has 0 aliphatic carbocycles. The van der Waals surface area contributed by atoms with Gasteiger partial charge in [0.1, 0.15) is 0 Å². The third-order valence-corrected chi connectivity index (χ3v) is 2.44. The molecule has 1 atom stereocenters. The largest absolute Gasteiger partial charge is 0.379 e. The lowest BCUT2D eigenvalue weighted by atomic mass is 10.1. The minimum Gasteiger partial charge on any atom is -0.379 e. The van der Waals surface area contributed by atoms with Crippen molar-refractivity contribution in [1.29, 1.82) is 0 Å². The minimum absolute atomic E-state index is 0.00871. The van der Waals surface area contributed by atoms with Crippen LogP contribution in [0.4, 0.5) is 0 Å². The van der Waals surface area contributed by atoms with Gasteiger partial charge in [-0.3, -0.25) is 0 Å². The van der Waals surface area contributed by atoms with Gasteiger partial charge in [-0.2, -0.15) is 0 Å². The predicted molar refractivity (Wildman–Crippen MR) is 73.8 cm³/mol. The number of rotatable bonds is 10. The van der Waals surface area contributed by atoms with Crippen LogP contribution in [-0.4, -0.2) is 39.0 Å². The highest BCUT2D eigenvalue weighted by Gasteiger charge is 2.03. The molecule has 0 spiro atoms. The Morgan fingerprint density at radius 3 is 2.63 bits per heavy atom. The summed E-state index contributed by atoms with van der Waals surface area (Å²) in [6, 6.07) is 10.1. The zero-order chi connectivity index (χ0) is 13.8. The molecule has 0 bridgehead atoms. The van der Waals surface area contributed by atoms with E-state index in [-0.39, 0.29) is 6.04 Å². The van der Waals surface area contributed by atoms with Crippen LogP contribution in [0.1, 0.15) is 5.56 Å². The molecule has 1 aromatic rings. The van der Waals surface area contributed by atoms with E-state index in [0.717, 1.165) is 6.42 Å². The summed E-state index contributed by atoms with van der Waals surface area (Å²) in [5.74, 6) is 0. The van der Waals surface area contributed by atoms with Gasteiger partial charge in [0.05, 0.1) is 26.4 Å². The normalized spacial score (nSPS) is 11.8. The number of hydrogen-bond donors (Lipinski definition) is 1. The van der Waals surface area contributed by atoms with Gasteiger partial charge in [-0.05, 0) is 17.5 Å². The molecular weight excluding hydrogens is 244 g/mol. The van der Waals surface area contributed by atoms with Gasteiger partial charge in [-0.1, -0.05) is 35.4 Å². The maximum absolute atomic E-state index is 8.05. The molecule has 6 heteroatoms. The second-order valence-electron chi connectivity index (χ2n) is 4.09. The van der Waals surface area contributed by atoms with Crippen molar-refractivity contribution >= 4 is 0 Å². The van der Waals surface area contributed by atoms with Gasteiger partial charge in [0.25, 0.3) is 0 Å². The summed E-state index contributed by atoms with van der Waals surface area (Å²) in [7, 11) is 0. The summed E-state index contributed by atoms with van der Waals surface area (Å²) in [5, 5.41) is 3.36. The van der Waals surface area contributed by atoms with Gasteiger partial charge in [0, 0.05) is 17.5 Å². The van der Waals surface area contributed by atoms with Gasteiger partial charge < -0.3 is 15.2 Å². The number of nitrogens with two attached hydrogens (primary N) is 1. The molecule has 2 N–H and O–H groups in total. The molecule has 0 aromatic heterocycles. The summed E-state index contributed by atoms with van der Waals surface area (Å²) < 4.78 is 10.6. The Balaban J connectivity index is 1.98. The Morgan fingerprint density at radius 1 is 1.16 bits per heavy atom. The van der Waals surface area contributed by atoms with Gasteiger partial charge in [-0.25, -0.2) is 0 Å². The van der Waals surface area contributed by atoms with Crippen molar-refractivity contribution < 1.29 is 9.47 Å². The third-order valence-electron chi connectivity index (χ3n) is 2.44. The van der Waals surface area contributed by atoms with E-state index in [9.17, 15) is 0 Å². The van der Waals surface area contributed by atoms with E-state index in [1.54, 1.807) is 0 Å². The Kier molecular flexibility index (Phi) is 8.42. The van der Waals surface area contributed by atoms with Crippen LogP contribution in [-0.2, 0) is 15.9 Å². The molecule has 0 heterocycles. The lowest BCUT2D eigenvalue weighted by Gasteiger charge is -2.12. The number of benzene rings is 1. The summed E-state index contributed by atoms with van der Waals surface area (Å²) in [4.78, 5) is 2.63. The fourth-order valence-electron chi connectivity index (χ4n) is 1.58. The van der Waals surface area contributed by atoms with Crippen molar-refractivity contribution in [1.82, 2.24) is 0 Å². The fraction of sp³-hybridized carbons (Fsp3) is 0.538. The maximum Gasteiger partial charge on any atom is 0.0701 e. The van der Waals surface area contributed by atoms with Crippen LogP contribution in [0.15, 0.2) is 35.4 Å². The molecule has 1 aromatic carbocycles. The van der Waals surface area contributed by atoms with Crippen LogP contribution < -0.4 is 5.73 Å². The Hall–Kier alpha value is -1.59. The first-order chi connectivity index (χ1) is 9.33. The smallest absolute Gasteiger partial charge is 0.0701 e. The van der Waals surface area contributed by atoms with Gasteiger partial charge >= 0.3 is 0 Å². The first kappa shape index (κ1) is 15.5. The van der Waals surface area contributed by atoms with Crippen LogP contribution in [0.25, 0.3) is 10.4 Å². The van der Waals surface area contributed by atoms with E-state index in [1.165, 1.54) is 5.56 Å². The monoisotopic (exact) mass is 264 g/mol. The van der Waals surface area contributed by atoms with Crippen molar-refractivity contribution in [3.05, 3.63) is 46.3 Å². The number of nitrogens with zero attached hydrogens (tertiary/aromatic N) is 3. The maximum atomic E-state index is 8.05. The van der Waals surface area contributed by atoms with Crippen molar-refractivity contribution in [3.8, 4) is 0 Å². The first-order valence-corrected chi connectivity index (χ1v) is 6.28. The third kappa shape index (κ3) is 8.18. The van der Waals surface area contributed by atoms with Gasteiger partial charge in [-0.15, -0.1) is 0 Å². The van der Waals surface area contributed by atoms with E-state index >= 15 is 0 Å². The highest BCUT2D eigenvalue weighted by molar-refractivity contribution is 5.15. The van der Waals surface area contributed by atoms with E-state index in [0.29, 0.717) is 33.0 Å². The molecule has 1 unspecified atom stereocenters. The van der Waals surface area contributed by atoms with E-state index in [1.807, 2.05) is 18.2 Å². The summed E-state index contributed by atoms with van der Waals surface area (Å²) in [6.45, 7) is 2.26. The van der Waals surface area contributed by atoms with Crippen LogP contribution in [0.2, 0.25) is 0 Å². The Bertz CT molecular complexity index is 379. The van der Waals surface area contributed by atoms with Gasteiger partial charge in [0.15, 0.2) is 0 Å². The lowest BCUT2D eigenvalue weighted by Crippen LogP contribution is -2.29. The summed E-state index contributed by atoms with van der Waals surface area (Å²) in [5.41, 5.74) is 15.2. The summed E-state index contributed by atoms with van der Waals surface area (Å²) in [6.07, 6.45) is 0.804. The topological polar surface area (TPSA) is 93.2 Å². The average molecular weight is 264 g/mol. The SMILES string of the molecule is [N-]=[N+]=NCCOCCOCC(N)Cc1ccccc1. The molecule has 0 fully saturated rings. The molecule has 0 aliphatic rings. The molecule has 0 aliphatic heterocycles. The zero-order valence-electron chi connectivity index (χ0n) is 10.9. The van der Waals surface area contributed by atoms with Crippen molar-refractivity contribution in [3.63, 3.8) is 0 Å². The molecule has 19 heavy (non-hydrogen) atoms. The quantitative estimate of drug-likeness (QED) is 0.302. The van der Waals surface area contributed by atoms with E-state index in [2.05, 4.69) is 22.2 Å². The highest BCUT2D eigenvalue weighted by Crippen LogP contribution is 2.01. The van der Waals surface area contributed by atoms with Crippen LogP contribution in [0.3, 0.4) is 0 Å². The van der Waals surface area contributed by atoms with Crippen LogP contribution in [0, 0.1) is 0 Å². The fourth-order valence-corrected chi connectivity index (χ4v) is 1.58. The van der Waals surface area contributed by atoms with Crippen molar-refractivity contribution in [2.24, 2.45) is 10.8 Å². The van der Waals surface area contributed by atoms with Crippen molar-refractivity contribution in [2.45, 2.75) is 12.5 Å². The predicted octanol–water partition coefficient (Wildman–Crippen LogP) is 1.90. The minimum atomic E-state index is -0.00871. The number of ether oxygens (including phenoxy) is 2. The van der Waals surface area contributed by atoms with Crippen LogP contribution >= 0.6 is 0 Å². The van der Waals surface area contributed by atoms with Crippen molar-refractivity contribution in [2.75, 3.05) is 33.0 Å². The zero-order valence-corrected chi connectivity index (χ0v) is 10.9. The Labute approximate surface area is 113 Å². The highest BCUT2D eigenvalue weighted by atomic mass is 16.5.